The van der Waals surface area contributed by atoms with Crippen molar-refractivity contribution in [2.24, 2.45) is 15.0 Å². The SMILES string of the molecule is CC1=C(C(=O)Nc2ccc(C)cc2)C(c2ccccc2Br)N=C(Nc2nc3ccccc3o2)N1.COc1ccc(NC(=O)C2=C(C)NC(Nc3nc4ccccc4o3)=NC2c2ccccc2Br)cc1.COc1ccccc1NC(=O)C1=C(C)NC(Nc2nc3ccccc3o2)=NC1c1ccccc1Br. The molecule has 26 heteroatoms. The summed E-state index contributed by atoms with van der Waals surface area (Å²) in [5.74, 6) is 1.80. The number of nitrogens with one attached hydrogen (secondary N) is 9. The number of hydrogen-bond donors (Lipinski definition) is 9. The zero-order chi connectivity index (χ0) is 72.4. The highest BCUT2D eigenvalue weighted by Crippen LogP contribution is 2.40. The van der Waals surface area contributed by atoms with E-state index in [1.165, 1.54) is 0 Å². The number of aliphatic imine (C=N–C) groups is 3. The fourth-order valence-electron chi connectivity index (χ4n) is 11.6. The van der Waals surface area contributed by atoms with Gasteiger partial charge in [-0.25, -0.2) is 15.0 Å². The molecule has 3 unspecified atom stereocenters. The van der Waals surface area contributed by atoms with Crippen molar-refractivity contribution >= 4 is 152 Å². The van der Waals surface area contributed by atoms with Crippen LogP contribution >= 0.6 is 47.8 Å². The summed E-state index contributed by atoms with van der Waals surface area (Å²) in [6, 6.07) is 67.0. The molecule has 0 fully saturated rings. The van der Waals surface area contributed by atoms with Crippen molar-refractivity contribution < 1.29 is 37.1 Å². The number of rotatable bonds is 14. The van der Waals surface area contributed by atoms with Gasteiger partial charge in [0.15, 0.2) is 16.7 Å². The highest BCUT2D eigenvalue weighted by atomic mass is 79.9. The monoisotopic (exact) mass is 1580 g/mol. The van der Waals surface area contributed by atoms with Crippen LogP contribution in [0.15, 0.2) is 294 Å². The molecule has 6 heterocycles. The molecule has 0 aliphatic carbocycles. The molecule has 0 spiro atoms. The summed E-state index contributed by atoms with van der Waals surface area (Å²) in [6.45, 7) is 7.54. The van der Waals surface area contributed by atoms with Gasteiger partial charge in [0.25, 0.3) is 17.7 Å². The van der Waals surface area contributed by atoms with Crippen molar-refractivity contribution in [1.29, 1.82) is 0 Å². The lowest BCUT2D eigenvalue weighted by atomic mass is 9.95. The average molecular weight is 1580 g/mol. The van der Waals surface area contributed by atoms with Crippen LogP contribution in [0.4, 0.5) is 35.1 Å². The van der Waals surface area contributed by atoms with E-state index in [1.54, 1.807) is 50.6 Å². The van der Waals surface area contributed by atoms with Crippen LogP contribution in [0.5, 0.6) is 11.5 Å². The number of oxazole rings is 3. The maximum atomic E-state index is 13.5. The van der Waals surface area contributed by atoms with E-state index in [1.807, 2.05) is 210 Å². The second-order valence-electron chi connectivity index (χ2n) is 23.7. The highest BCUT2D eigenvalue weighted by Gasteiger charge is 2.35. The van der Waals surface area contributed by atoms with Gasteiger partial charge in [0.2, 0.25) is 17.9 Å². The number of para-hydroxylation sites is 8. The molecule has 3 aromatic heterocycles. The number of aromatic nitrogens is 3. The first kappa shape index (κ1) is 70.3. The van der Waals surface area contributed by atoms with Gasteiger partial charge >= 0.3 is 18.0 Å². The van der Waals surface area contributed by atoms with Crippen LogP contribution in [0.1, 0.15) is 61.2 Å². The van der Waals surface area contributed by atoms with Crippen molar-refractivity contribution in [3.63, 3.8) is 0 Å². The molecule has 104 heavy (non-hydrogen) atoms. The van der Waals surface area contributed by atoms with Crippen LogP contribution in [0, 0.1) is 6.92 Å². The summed E-state index contributed by atoms with van der Waals surface area (Å²) < 4.78 is 30.5. The molecule has 9 N–H and O–H groups in total. The molecule has 3 aliphatic heterocycles. The van der Waals surface area contributed by atoms with E-state index in [-0.39, 0.29) is 17.7 Å². The molecule has 3 amide bonds. The Kier molecular flexibility index (Phi) is 21.5. The van der Waals surface area contributed by atoms with E-state index in [2.05, 4.69) is 111 Å². The maximum absolute atomic E-state index is 13.5. The number of carbonyl (C=O) groups is 3. The number of methoxy groups -OCH3 is 2. The fraction of sp³-hybridized carbons (Fsp3) is 0.115. The molecule has 3 aliphatic rings. The molecule has 9 aromatic carbocycles. The van der Waals surface area contributed by atoms with Gasteiger partial charge in [0.05, 0.1) is 36.6 Å². The van der Waals surface area contributed by atoms with Crippen LogP contribution in [-0.4, -0.2) is 64.8 Å². The largest absolute Gasteiger partial charge is 0.497 e. The molecule has 3 atom stereocenters. The Bertz CT molecular complexity index is 5330. The minimum absolute atomic E-state index is 0.223. The molecule has 0 radical (unpaired) electrons. The first-order chi connectivity index (χ1) is 50.5. The van der Waals surface area contributed by atoms with E-state index in [0.717, 1.165) is 57.9 Å². The van der Waals surface area contributed by atoms with Gasteiger partial charge in [-0.2, -0.15) is 15.0 Å². The van der Waals surface area contributed by atoms with Crippen molar-refractivity contribution in [3.8, 4) is 11.5 Å². The van der Waals surface area contributed by atoms with Gasteiger partial charge in [0.1, 0.15) is 46.2 Å². The topological polar surface area (TPSA) is 293 Å². The van der Waals surface area contributed by atoms with E-state index in [9.17, 15) is 14.4 Å². The number of fused-ring (bicyclic) bond motifs is 3. The summed E-state index contributed by atoms with van der Waals surface area (Å²) in [4.78, 5) is 68.2. The molecule has 522 valence electrons. The maximum Gasteiger partial charge on any atom is 0.302 e. The quantitative estimate of drug-likeness (QED) is 0.0489. The first-order valence-electron chi connectivity index (χ1n) is 32.6. The van der Waals surface area contributed by atoms with E-state index >= 15 is 0 Å². The van der Waals surface area contributed by atoms with Gasteiger partial charge in [-0.1, -0.05) is 169 Å². The molecule has 0 saturated heterocycles. The number of carbonyl (C=O) groups excluding carboxylic acids is 3. The second kappa shape index (κ2) is 31.8. The third-order valence-corrected chi connectivity index (χ3v) is 18.8. The molecular formula is C78H66Br3N15O8. The Morgan fingerprint density at radius 2 is 0.712 bits per heavy atom. The van der Waals surface area contributed by atoms with Gasteiger partial charge in [0, 0.05) is 41.9 Å². The summed E-state index contributed by atoms with van der Waals surface area (Å²) in [6.07, 6.45) is 0. The van der Waals surface area contributed by atoms with Crippen LogP contribution in [-0.2, 0) is 14.4 Å². The number of ether oxygens (including phenoxy) is 2. The third-order valence-electron chi connectivity index (χ3n) is 16.6. The summed E-state index contributed by atoms with van der Waals surface area (Å²) in [5.41, 5.74) is 13.3. The van der Waals surface area contributed by atoms with Gasteiger partial charge < -0.3 is 54.6 Å². The summed E-state index contributed by atoms with van der Waals surface area (Å²) in [5, 5.41) is 27.8. The molecule has 0 bridgehead atoms. The number of allylic oxidation sites excluding steroid dienone is 3. The van der Waals surface area contributed by atoms with Crippen molar-refractivity contribution in [2.75, 3.05) is 46.1 Å². The van der Waals surface area contributed by atoms with Crippen molar-refractivity contribution in [3.05, 3.63) is 288 Å². The second-order valence-corrected chi connectivity index (χ2v) is 26.3. The zero-order valence-electron chi connectivity index (χ0n) is 56.6. The van der Waals surface area contributed by atoms with E-state index < -0.39 is 18.1 Å². The van der Waals surface area contributed by atoms with Crippen LogP contribution in [0.2, 0.25) is 0 Å². The predicted octanol–water partition coefficient (Wildman–Crippen LogP) is 17.2. The molecule has 0 saturated carbocycles. The highest BCUT2D eigenvalue weighted by molar-refractivity contribution is 9.11. The zero-order valence-corrected chi connectivity index (χ0v) is 61.4. The van der Waals surface area contributed by atoms with Crippen LogP contribution in [0.25, 0.3) is 33.3 Å². The van der Waals surface area contributed by atoms with Crippen LogP contribution < -0.4 is 57.3 Å². The number of hydrogen-bond acceptors (Lipinski definition) is 20. The Hall–Kier alpha value is -12.1. The van der Waals surface area contributed by atoms with Gasteiger partial charge in [-0.15, -0.1) is 0 Å². The van der Waals surface area contributed by atoms with E-state index in [4.69, 9.17) is 37.7 Å². The number of anilines is 6. The number of amides is 3. The van der Waals surface area contributed by atoms with Gasteiger partial charge in [-0.3, -0.25) is 30.3 Å². The summed E-state index contributed by atoms with van der Waals surface area (Å²) in [7, 11) is 3.16. The smallest absolute Gasteiger partial charge is 0.302 e. The third kappa shape index (κ3) is 16.3. The number of nitrogens with zero attached hydrogens (tertiary/aromatic N) is 6. The summed E-state index contributed by atoms with van der Waals surface area (Å²) >= 11 is 10.8. The Balaban J connectivity index is 0.000000139. The lowest BCUT2D eigenvalue weighted by Gasteiger charge is -2.27. The predicted molar refractivity (Wildman–Crippen MR) is 416 cm³/mol. The Morgan fingerprint density at radius 1 is 0.385 bits per heavy atom. The Labute approximate surface area is 622 Å². The minimum Gasteiger partial charge on any atom is -0.497 e. The minimum atomic E-state index is -0.589. The van der Waals surface area contributed by atoms with E-state index in [0.29, 0.717) is 109 Å². The lowest BCUT2D eigenvalue weighted by molar-refractivity contribution is -0.114. The van der Waals surface area contributed by atoms with Crippen molar-refractivity contribution in [1.82, 2.24) is 30.9 Å². The standard InChI is InChI=1S/2C26H22BrN5O3.C26H22BrN5O2/c1-15-22(24(33)29-18-11-5-7-13-20(18)34-2)23(16-9-3-4-10-17(16)27)31-25(28-15)32-26-30-19-12-6-8-14-21(19)35-26;1-15-22(24(33)29-16-11-13-17(34-2)14-12-16)23(18-7-3-4-8-19(18)27)31-25(28-15)32-26-30-20-9-5-6-10-21(20)35-26;1-15-11-13-17(14-12-15)29-24(33)22-16(2)28-25(31-23(22)18-7-3-4-8-19(18)27)32-26-30-20-9-5-6-10-21(20)34-26/h2*3-14,23H,1-2H3,(H,29,33)(H2,28,30,31,32);3-14,23H,1-2H3,(H,29,33)(H2,28,30,31,32). The average Bonchev–Trinajstić information content (AvgIpc) is 1.03. The molecular weight excluding hydrogens is 1510 g/mol. The number of guanidine groups is 3. The number of benzene rings is 9. The fourth-order valence-corrected chi connectivity index (χ4v) is 13.1. The number of halogens is 3. The number of aryl methyl sites for hydroxylation is 1. The molecule has 12 aromatic rings. The normalized spacial score (nSPS) is 15.5. The van der Waals surface area contributed by atoms with Crippen molar-refractivity contribution in [2.45, 2.75) is 45.8 Å². The van der Waals surface area contributed by atoms with Gasteiger partial charge in [-0.05, 0) is 148 Å². The first-order valence-corrected chi connectivity index (χ1v) is 35.0. The lowest BCUT2D eigenvalue weighted by Crippen LogP contribution is -2.37. The molecule has 15 rings (SSSR count). The Morgan fingerprint density at radius 3 is 1.07 bits per heavy atom. The molecule has 23 nitrogen and oxygen atoms in total. The van der Waals surface area contributed by atoms with Crippen LogP contribution in [0.3, 0.4) is 0 Å².